The molecule has 59 heavy (non-hydrogen) atoms. The Morgan fingerprint density at radius 1 is 0.475 bits per heavy atom. The standard InChI is InChI=1S/C44H38NS.C11H8N.Ir/c1-25(2)29-21-37(26(3)4)43(38(22-29)27(5)6)40-24-39-32(30-11-7-8-12-31(30)40)17-18-36-33(39)19-20-45-44(36)28-15-16-35-34-13-9-10-14-41(34)46-42(35)23-28;1-2-6-10(7-3-1)11-8-4-5-9-12-11;/h7-14,16-27H,1-6H3;1-6,8-9H;/q2*-1;. The topological polar surface area (TPSA) is 25.8 Å². The number of rotatable bonds is 6. The predicted molar refractivity (Wildman–Crippen MR) is 250 cm³/mol. The minimum absolute atomic E-state index is 0. The Morgan fingerprint density at radius 3 is 1.83 bits per heavy atom. The van der Waals surface area contributed by atoms with E-state index >= 15 is 0 Å². The molecule has 0 atom stereocenters. The van der Waals surface area contributed by atoms with E-state index in [1.165, 1.54) is 74.9 Å². The van der Waals surface area contributed by atoms with Crippen molar-refractivity contribution in [3.05, 3.63) is 181 Å². The van der Waals surface area contributed by atoms with Gasteiger partial charge in [0.15, 0.2) is 0 Å². The van der Waals surface area contributed by atoms with Crippen LogP contribution in [0.4, 0.5) is 0 Å². The summed E-state index contributed by atoms with van der Waals surface area (Å²) in [5.74, 6) is 1.29. The number of fused-ring (bicyclic) bond motifs is 8. The molecule has 0 unspecified atom stereocenters. The van der Waals surface area contributed by atoms with Crippen molar-refractivity contribution in [1.29, 1.82) is 0 Å². The molecule has 0 N–H and O–H groups in total. The molecular weight excluding hydrogens is 913 g/mol. The molecule has 0 saturated carbocycles. The molecule has 0 bridgehead atoms. The fraction of sp³-hybridized carbons (Fsp3) is 0.164. The Labute approximate surface area is 365 Å². The van der Waals surface area contributed by atoms with Crippen molar-refractivity contribution in [2.75, 3.05) is 0 Å². The Balaban J connectivity index is 0.000000319. The van der Waals surface area contributed by atoms with Gasteiger partial charge in [0.25, 0.3) is 0 Å². The molecule has 0 aliphatic rings. The largest absolute Gasteiger partial charge is 0.305 e. The van der Waals surface area contributed by atoms with Gasteiger partial charge in [-0.2, -0.15) is 11.3 Å². The van der Waals surface area contributed by atoms with Crippen LogP contribution in [0, 0.1) is 12.1 Å². The van der Waals surface area contributed by atoms with Gasteiger partial charge in [0, 0.05) is 37.2 Å². The zero-order valence-corrected chi connectivity index (χ0v) is 37.5. The van der Waals surface area contributed by atoms with Crippen LogP contribution in [0.5, 0.6) is 0 Å². The van der Waals surface area contributed by atoms with Crippen molar-refractivity contribution in [3.63, 3.8) is 0 Å². The molecule has 7 aromatic carbocycles. The van der Waals surface area contributed by atoms with E-state index in [-0.39, 0.29) is 20.1 Å². The second kappa shape index (κ2) is 17.0. The van der Waals surface area contributed by atoms with E-state index in [0.29, 0.717) is 17.8 Å². The van der Waals surface area contributed by atoms with Gasteiger partial charge < -0.3 is 9.97 Å². The second-order valence-electron chi connectivity index (χ2n) is 16.1. The van der Waals surface area contributed by atoms with Crippen LogP contribution in [-0.2, 0) is 20.1 Å². The van der Waals surface area contributed by atoms with Gasteiger partial charge in [0.1, 0.15) is 0 Å². The summed E-state index contributed by atoms with van der Waals surface area (Å²) in [4.78, 5) is 9.18. The van der Waals surface area contributed by atoms with Gasteiger partial charge >= 0.3 is 0 Å². The molecule has 0 saturated heterocycles. The molecular formula is C55H46IrN2S-2. The molecule has 0 aliphatic heterocycles. The zero-order chi connectivity index (χ0) is 39.9. The third-order valence-electron chi connectivity index (χ3n) is 11.4. The summed E-state index contributed by atoms with van der Waals surface area (Å²) in [6.45, 7) is 14.0. The molecule has 10 rings (SSSR count). The van der Waals surface area contributed by atoms with E-state index in [0.717, 1.165) is 27.9 Å². The van der Waals surface area contributed by atoms with E-state index in [9.17, 15) is 0 Å². The Kier molecular flexibility index (Phi) is 11.6. The summed E-state index contributed by atoms with van der Waals surface area (Å²) in [6, 6.07) is 56.7. The molecule has 293 valence electrons. The maximum absolute atomic E-state index is 4.96. The SMILES string of the molecule is CC(C)c1cc(C(C)C)c(-c2cc3c4ccnc(-c5[c-]cc6c(c5)sc5ccccc56)c4ccc3c3ccccc23)c(C(C)C)c1.[Ir].[c-]1ccccc1-c1ccccn1. The van der Waals surface area contributed by atoms with Crippen LogP contribution >= 0.6 is 11.3 Å². The molecule has 3 aromatic heterocycles. The smallest absolute Gasteiger partial charge is 0.0246 e. The number of pyridine rings is 2. The van der Waals surface area contributed by atoms with E-state index in [1.54, 1.807) is 6.20 Å². The molecule has 4 heteroatoms. The normalized spacial score (nSPS) is 11.5. The quantitative estimate of drug-likeness (QED) is 0.123. The molecule has 1 radical (unpaired) electrons. The zero-order valence-electron chi connectivity index (χ0n) is 34.3. The molecule has 0 amide bonds. The van der Waals surface area contributed by atoms with Crippen LogP contribution in [0.25, 0.3) is 86.1 Å². The first-order chi connectivity index (χ1) is 28.3. The van der Waals surface area contributed by atoms with Gasteiger partial charge in [0.05, 0.1) is 0 Å². The minimum atomic E-state index is 0. The van der Waals surface area contributed by atoms with Crippen molar-refractivity contribution in [3.8, 4) is 33.6 Å². The van der Waals surface area contributed by atoms with Crippen LogP contribution < -0.4 is 0 Å². The van der Waals surface area contributed by atoms with Gasteiger partial charge in [-0.25, -0.2) is 0 Å². The summed E-state index contributed by atoms with van der Waals surface area (Å²) >= 11 is 1.84. The number of nitrogens with zero attached hydrogens (tertiary/aromatic N) is 2. The molecule has 0 fully saturated rings. The Bertz CT molecular complexity index is 3020. The van der Waals surface area contributed by atoms with Gasteiger partial charge in [-0.1, -0.05) is 126 Å². The number of benzene rings is 7. The first kappa shape index (κ1) is 40.3. The number of hydrogen-bond acceptors (Lipinski definition) is 3. The number of aromatic nitrogens is 2. The van der Waals surface area contributed by atoms with Crippen LogP contribution in [0.15, 0.2) is 152 Å². The summed E-state index contributed by atoms with van der Waals surface area (Å²) in [6.07, 6.45) is 3.77. The van der Waals surface area contributed by atoms with Crippen LogP contribution in [0.3, 0.4) is 0 Å². The number of hydrogen-bond donors (Lipinski definition) is 0. The average Bonchev–Trinajstić information content (AvgIpc) is 3.64. The summed E-state index contributed by atoms with van der Waals surface area (Å²) in [5.41, 5.74) is 11.1. The third kappa shape index (κ3) is 7.62. The maximum atomic E-state index is 4.96. The molecule has 2 nitrogen and oxygen atoms in total. The van der Waals surface area contributed by atoms with E-state index in [1.807, 2.05) is 60.0 Å². The second-order valence-corrected chi connectivity index (χ2v) is 17.2. The molecule has 0 aliphatic carbocycles. The fourth-order valence-corrected chi connectivity index (χ4v) is 9.53. The van der Waals surface area contributed by atoms with E-state index in [2.05, 4.69) is 156 Å². The predicted octanol–water partition coefficient (Wildman–Crippen LogP) is 16.0. The third-order valence-corrected chi connectivity index (χ3v) is 12.5. The van der Waals surface area contributed by atoms with E-state index in [4.69, 9.17) is 4.98 Å². The summed E-state index contributed by atoms with van der Waals surface area (Å²) in [5, 5.41) is 10.1. The Hall–Kier alpha value is -5.51. The molecule has 0 spiro atoms. The van der Waals surface area contributed by atoms with Crippen LogP contribution in [0.1, 0.15) is 76.0 Å². The van der Waals surface area contributed by atoms with Crippen molar-refractivity contribution < 1.29 is 20.1 Å². The first-order valence-electron chi connectivity index (χ1n) is 20.4. The molecule has 10 aromatic rings. The van der Waals surface area contributed by atoms with Crippen LogP contribution in [0.2, 0.25) is 0 Å². The fourth-order valence-electron chi connectivity index (χ4n) is 8.41. The molecule has 3 heterocycles. The van der Waals surface area contributed by atoms with Crippen molar-refractivity contribution in [2.45, 2.75) is 59.3 Å². The minimum Gasteiger partial charge on any atom is -0.305 e. The first-order valence-corrected chi connectivity index (χ1v) is 21.2. The summed E-state index contributed by atoms with van der Waals surface area (Å²) < 4.78 is 2.58. The Morgan fingerprint density at radius 2 is 1.14 bits per heavy atom. The maximum Gasteiger partial charge on any atom is 0.0246 e. The summed E-state index contributed by atoms with van der Waals surface area (Å²) in [7, 11) is 0. The van der Waals surface area contributed by atoms with Crippen molar-refractivity contribution in [1.82, 2.24) is 9.97 Å². The van der Waals surface area contributed by atoms with Crippen molar-refractivity contribution in [2.24, 2.45) is 0 Å². The van der Waals surface area contributed by atoms with Crippen LogP contribution in [-0.4, -0.2) is 9.97 Å². The van der Waals surface area contributed by atoms with Gasteiger partial charge in [-0.3, -0.25) is 0 Å². The number of thiophene rings is 1. The monoisotopic (exact) mass is 959 g/mol. The average molecular weight is 959 g/mol. The van der Waals surface area contributed by atoms with Crippen molar-refractivity contribution >= 4 is 63.8 Å². The van der Waals surface area contributed by atoms with Gasteiger partial charge in [0.2, 0.25) is 0 Å². The van der Waals surface area contributed by atoms with Gasteiger partial charge in [-0.05, 0) is 124 Å². The van der Waals surface area contributed by atoms with E-state index < -0.39 is 0 Å². The van der Waals surface area contributed by atoms with Gasteiger partial charge in [-0.15, -0.1) is 59.7 Å².